The molecule has 3 aromatic rings. The number of nitriles is 1. The second-order valence-electron chi connectivity index (χ2n) is 5.39. The Kier molecular flexibility index (Phi) is 5.45. The highest BCUT2D eigenvalue weighted by molar-refractivity contribution is 7.16. The first-order valence-corrected chi connectivity index (χ1v) is 8.60. The zero-order valence-corrected chi connectivity index (χ0v) is 14.3. The summed E-state index contributed by atoms with van der Waals surface area (Å²) in [5.41, 5.74) is 2.95. The SMILES string of the molecule is N#Cc1ccc(-c2cccc(CNC(=O)OCc3ccccc3)c2)s1. The molecule has 0 saturated carbocycles. The third-order valence-corrected chi connectivity index (χ3v) is 4.62. The maximum atomic E-state index is 11.8. The molecule has 1 N–H and O–H groups in total. The van der Waals surface area contributed by atoms with Crippen LogP contribution in [0.3, 0.4) is 0 Å². The number of rotatable bonds is 5. The highest BCUT2D eigenvalue weighted by Gasteiger charge is 2.06. The Morgan fingerprint density at radius 2 is 1.84 bits per heavy atom. The molecule has 5 heteroatoms. The predicted octanol–water partition coefficient (Wildman–Crippen LogP) is 4.71. The Morgan fingerprint density at radius 1 is 1.04 bits per heavy atom. The average Bonchev–Trinajstić information content (AvgIpc) is 3.15. The summed E-state index contributed by atoms with van der Waals surface area (Å²) in [6.45, 7) is 0.636. The lowest BCUT2D eigenvalue weighted by Crippen LogP contribution is -2.23. The van der Waals surface area contributed by atoms with Crippen LogP contribution in [-0.4, -0.2) is 6.09 Å². The Hall–Kier alpha value is -3.10. The molecule has 2 aromatic carbocycles. The number of carbonyl (C=O) groups is 1. The number of ether oxygens (including phenoxy) is 1. The minimum Gasteiger partial charge on any atom is -0.445 e. The van der Waals surface area contributed by atoms with Gasteiger partial charge in [0.1, 0.15) is 17.6 Å². The smallest absolute Gasteiger partial charge is 0.407 e. The van der Waals surface area contributed by atoms with Crippen molar-refractivity contribution in [2.24, 2.45) is 0 Å². The van der Waals surface area contributed by atoms with Gasteiger partial charge in [-0.3, -0.25) is 0 Å². The van der Waals surface area contributed by atoms with Crippen molar-refractivity contribution in [1.82, 2.24) is 5.32 Å². The Morgan fingerprint density at radius 3 is 2.60 bits per heavy atom. The van der Waals surface area contributed by atoms with Gasteiger partial charge in [0.15, 0.2) is 0 Å². The van der Waals surface area contributed by atoms with Crippen LogP contribution in [0.2, 0.25) is 0 Å². The van der Waals surface area contributed by atoms with Crippen LogP contribution in [-0.2, 0) is 17.9 Å². The molecule has 0 atom stereocenters. The van der Waals surface area contributed by atoms with E-state index >= 15 is 0 Å². The molecule has 4 nitrogen and oxygen atoms in total. The van der Waals surface area contributed by atoms with Gasteiger partial charge in [0.05, 0.1) is 0 Å². The number of alkyl carbamates (subject to hydrolysis) is 1. The molecule has 124 valence electrons. The van der Waals surface area contributed by atoms with E-state index in [9.17, 15) is 4.79 Å². The first kappa shape index (κ1) is 16.7. The molecule has 0 radical (unpaired) electrons. The Bertz CT molecular complexity index is 897. The fourth-order valence-electron chi connectivity index (χ4n) is 2.34. The van der Waals surface area contributed by atoms with Crippen LogP contribution in [0.5, 0.6) is 0 Å². The van der Waals surface area contributed by atoms with Gasteiger partial charge in [0.2, 0.25) is 0 Å². The van der Waals surface area contributed by atoms with Crippen LogP contribution < -0.4 is 5.32 Å². The van der Waals surface area contributed by atoms with E-state index in [-0.39, 0.29) is 6.61 Å². The number of benzene rings is 2. The van der Waals surface area contributed by atoms with Gasteiger partial charge in [-0.1, -0.05) is 48.5 Å². The topological polar surface area (TPSA) is 62.1 Å². The molecule has 25 heavy (non-hydrogen) atoms. The van der Waals surface area contributed by atoms with E-state index in [1.54, 1.807) is 0 Å². The summed E-state index contributed by atoms with van der Waals surface area (Å²) in [6, 6.07) is 23.3. The molecule has 0 fully saturated rings. The summed E-state index contributed by atoms with van der Waals surface area (Å²) in [7, 11) is 0. The second-order valence-corrected chi connectivity index (χ2v) is 6.48. The van der Waals surface area contributed by atoms with Gasteiger partial charge in [-0.05, 0) is 34.9 Å². The quantitative estimate of drug-likeness (QED) is 0.726. The molecular formula is C20H16N2O2S. The number of nitrogens with zero attached hydrogens (tertiary/aromatic N) is 1. The van der Waals surface area contributed by atoms with Crippen molar-refractivity contribution in [3.63, 3.8) is 0 Å². The highest BCUT2D eigenvalue weighted by atomic mass is 32.1. The number of thiophene rings is 1. The molecule has 0 aliphatic carbocycles. The van der Waals surface area contributed by atoms with Crippen LogP contribution in [0.15, 0.2) is 66.7 Å². The number of hydrogen-bond acceptors (Lipinski definition) is 4. The molecular weight excluding hydrogens is 332 g/mol. The first-order valence-electron chi connectivity index (χ1n) is 7.78. The van der Waals surface area contributed by atoms with Crippen LogP contribution in [0.1, 0.15) is 16.0 Å². The maximum absolute atomic E-state index is 11.8. The summed E-state index contributed by atoms with van der Waals surface area (Å²) < 4.78 is 5.20. The van der Waals surface area contributed by atoms with E-state index in [1.165, 1.54) is 11.3 Å². The Balaban J connectivity index is 1.55. The van der Waals surface area contributed by atoms with E-state index in [0.717, 1.165) is 21.6 Å². The zero-order chi connectivity index (χ0) is 17.5. The van der Waals surface area contributed by atoms with Crippen LogP contribution in [0.25, 0.3) is 10.4 Å². The first-order chi connectivity index (χ1) is 12.2. The molecule has 1 aromatic heterocycles. The predicted molar refractivity (Wildman–Crippen MR) is 97.9 cm³/mol. The molecule has 0 aliphatic rings. The fraction of sp³-hybridized carbons (Fsp3) is 0.100. The van der Waals surface area contributed by atoms with E-state index < -0.39 is 6.09 Å². The van der Waals surface area contributed by atoms with Crippen molar-refractivity contribution in [2.75, 3.05) is 0 Å². The molecule has 1 heterocycles. The monoisotopic (exact) mass is 348 g/mol. The summed E-state index contributed by atoms with van der Waals surface area (Å²) >= 11 is 1.45. The standard InChI is InChI=1S/C20H16N2O2S/c21-12-18-9-10-19(25-18)17-8-4-7-16(11-17)13-22-20(23)24-14-15-5-2-1-3-6-15/h1-11H,13-14H2,(H,22,23). The summed E-state index contributed by atoms with van der Waals surface area (Å²) in [6.07, 6.45) is -0.447. The van der Waals surface area contributed by atoms with Gasteiger partial charge < -0.3 is 10.1 Å². The second kappa shape index (κ2) is 8.13. The zero-order valence-electron chi connectivity index (χ0n) is 13.4. The molecule has 0 aliphatic heterocycles. The van der Waals surface area contributed by atoms with E-state index in [1.807, 2.05) is 66.7 Å². The lowest BCUT2D eigenvalue weighted by atomic mass is 10.1. The van der Waals surface area contributed by atoms with Crippen molar-refractivity contribution in [1.29, 1.82) is 5.26 Å². The van der Waals surface area contributed by atoms with Crippen LogP contribution >= 0.6 is 11.3 Å². The minimum absolute atomic E-state index is 0.249. The maximum Gasteiger partial charge on any atom is 0.407 e. The van der Waals surface area contributed by atoms with Crippen molar-refractivity contribution in [3.05, 3.63) is 82.7 Å². The van der Waals surface area contributed by atoms with Crippen molar-refractivity contribution >= 4 is 17.4 Å². The van der Waals surface area contributed by atoms with Gasteiger partial charge in [0, 0.05) is 11.4 Å². The number of nitrogens with one attached hydrogen (secondary N) is 1. The van der Waals surface area contributed by atoms with Crippen LogP contribution in [0, 0.1) is 11.3 Å². The Labute approximate surface area is 150 Å². The van der Waals surface area contributed by atoms with E-state index in [2.05, 4.69) is 11.4 Å². The molecule has 0 unspecified atom stereocenters. The average molecular weight is 348 g/mol. The third kappa shape index (κ3) is 4.69. The molecule has 0 saturated heterocycles. The van der Waals surface area contributed by atoms with Crippen LogP contribution in [0.4, 0.5) is 4.79 Å². The van der Waals surface area contributed by atoms with Crippen molar-refractivity contribution < 1.29 is 9.53 Å². The van der Waals surface area contributed by atoms with Gasteiger partial charge in [0.25, 0.3) is 0 Å². The van der Waals surface area contributed by atoms with Gasteiger partial charge in [-0.25, -0.2) is 4.79 Å². The fourth-order valence-corrected chi connectivity index (χ4v) is 3.14. The third-order valence-electron chi connectivity index (χ3n) is 3.58. The number of carbonyl (C=O) groups excluding carboxylic acids is 1. The van der Waals surface area contributed by atoms with E-state index in [0.29, 0.717) is 11.4 Å². The molecule has 0 bridgehead atoms. The van der Waals surface area contributed by atoms with Crippen molar-refractivity contribution in [2.45, 2.75) is 13.2 Å². The largest absolute Gasteiger partial charge is 0.445 e. The summed E-state index contributed by atoms with van der Waals surface area (Å²) in [5, 5.41) is 11.7. The van der Waals surface area contributed by atoms with Gasteiger partial charge in [-0.15, -0.1) is 11.3 Å². The summed E-state index contributed by atoms with van der Waals surface area (Å²) in [5.74, 6) is 0. The number of amides is 1. The van der Waals surface area contributed by atoms with E-state index in [4.69, 9.17) is 10.00 Å². The molecule has 1 amide bonds. The lowest BCUT2D eigenvalue weighted by molar-refractivity contribution is 0.139. The lowest BCUT2D eigenvalue weighted by Gasteiger charge is -2.08. The van der Waals surface area contributed by atoms with Gasteiger partial charge in [-0.2, -0.15) is 5.26 Å². The minimum atomic E-state index is -0.447. The van der Waals surface area contributed by atoms with Gasteiger partial charge >= 0.3 is 6.09 Å². The van der Waals surface area contributed by atoms with Crippen molar-refractivity contribution in [3.8, 4) is 16.5 Å². The summed E-state index contributed by atoms with van der Waals surface area (Å²) in [4.78, 5) is 13.5. The molecule has 3 rings (SSSR count). The number of hydrogen-bond donors (Lipinski definition) is 1. The normalized spacial score (nSPS) is 10.0. The molecule has 0 spiro atoms. The highest BCUT2D eigenvalue weighted by Crippen LogP contribution is 2.28.